The molecular weight excluding hydrogens is 163 g/mol. The van der Waals surface area contributed by atoms with Crippen molar-refractivity contribution in [3.8, 4) is 0 Å². The minimum absolute atomic E-state index is 0.860. The maximum absolute atomic E-state index is 9.03. The number of hydrogen-bond acceptors (Lipinski definition) is 2. The highest BCUT2D eigenvalue weighted by Crippen LogP contribution is 2.46. The molecule has 0 aliphatic carbocycles. The van der Waals surface area contributed by atoms with Gasteiger partial charge in [-0.3, -0.25) is 0 Å². The van der Waals surface area contributed by atoms with Crippen LogP contribution < -0.4 is 0 Å². The summed E-state index contributed by atoms with van der Waals surface area (Å²) in [5.74, 6) is 0. The zero-order chi connectivity index (χ0) is 7.40. The molecule has 0 spiro atoms. The van der Waals surface area contributed by atoms with Crippen molar-refractivity contribution in [2.75, 3.05) is 6.66 Å². The van der Waals surface area contributed by atoms with E-state index >= 15 is 0 Å². The van der Waals surface area contributed by atoms with E-state index in [4.69, 9.17) is 4.89 Å². The monoisotopic (exact) mass is 172 g/mol. The lowest BCUT2D eigenvalue weighted by Gasteiger charge is -2.01. The van der Waals surface area contributed by atoms with E-state index in [9.17, 15) is 0 Å². The average molecular weight is 172 g/mol. The number of hydrogen-bond donors (Lipinski definition) is 1. The predicted octanol–water partition coefficient (Wildman–Crippen LogP) is 2.71. The molecule has 1 atom stereocenters. The fourth-order valence-electron chi connectivity index (χ4n) is 0.634. The summed E-state index contributed by atoms with van der Waals surface area (Å²) in [7, 11) is -0.860. The van der Waals surface area contributed by atoms with Crippen molar-refractivity contribution >= 4 is 18.7 Å². The lowest BCUT2D eigenvalue weighted by atomic mass is 10.4. The lowest BCUT2D eigenvalue weighted by Crippen LogP contribution is -1.65. The molecule has 0 radical (unpaired) electrons. The van der Waals surface area contributed by atoms with Gasteiger partial charge in [0.2, 0.25) is 0 Å². The Morgan fingerprint density at radius 3 is 2.40 bits per heavy atom. The van der Waals surface area contributed by atoms with Gasteiger partial charge in [0.15, 0.2) is 0 Å². The Bertz CT molecular complexity index is 188. The highest BCUT2D eigenvalue weighted by Gasteiger charge is 1.96. The summed E-state index contributed by atoms with van der Waals surface area (Å²) < 4.78 is 0. The Hall–Kier alpha value is -0.0400. The highest BCUT2D eigenvalue weighted by atomic mass is 32.7. The van der Waals surface area contributed by atoms with Gasteiger partial charge < -0.3 is 4.89 Å². The molecular formula is C7H9OPS. The smallest absolute Gasteiger partial charge is 0.0864 e. The molecule has 0 aliphatic rings. The molecule has 10 heavy (non-hydrogen) atoms. The van der Waals surface area contributed by atoms with Crippen molar-refractivity contribution in [3.63, 3.8) is 0 Å². The summed E-state index contributed by atoms with van der Waals surface area (Å²) in [6, 6.07) is 9.92. The van der Waals surface area contributed by atoms with Crippen molar-refractivity contribution in [1.82, 2.24) is 0 Å². The first-order valence-corrected chi connectivity index (χ1v) is 6.11. The van der Waals surface area contributed by atoms with Gasteiger partial charge in [-0.2, -0.15) is 0 Å². The van der Waals surface area contributed by atoms with E-state index < -0.39 is 7.35 Å². The molecule has 1 unspecified atom stereocenters. The third-order valence-corrected chi connectivity index (χ3v) is 3.15. The van der Waals surface area contributed by atoms with Gasteiger partial charge in [0, 0.05) is 4.90 Å². The second kappa shape index (κ2) is 3.97. The first kappa shape index (κ1) is 8.06. The Morgan fingerprint density at radius 1 is 1.30 bits per heavy atom. The maximum Gasteiger partial charge on any atom is 0.0864 e. The van der Waals surface area contributed by atoms with E-state index in [0.717, 1.165) is 4.90 Å². The van der Waals surface area contributed by atoms with Crippen LogP contribution in [0.15, 0.2) is 35.2 Å². The van der Waals surface area contributed by atoms with Crippen molar-refractivity contribution < 1.29 is 4.89 Å². The second-order valence-electron chi connectivity index (χ2n) is 1.87. The second-order valence-corrected chi connectivity index (χ2v) is 5.58. The molecule has 54 valence electrons. The molecule has 1 aromatic rings. The van der Waals surface area contributed by atoms with Crippen molar-refractivity contribution in [3.05, 3.63) is 30.3 Å². The van der Waals surface area contributed by atoms with Gasteiger partial charge in [0.05, 0.1) is 7.35 Å². The molecule has 0 aromatic heterocycles. The van der Waals surface area contributed by atoms with Crippen LogP contribution in [0.3, 0.4) is 0 Å². The van der Waals surface area contributed by atoms with E-state index in [0.29, 0.717) is 0 Å². The first-order valence-electron chi connectivity index (χ1n) is 2.94. The first-order chi connectivity index (χ1) is 4.79. The van der Waals surface area contributed by atoms with E-state index in [-0.39, 0.29) is 0 Å². The Labute approximate surface area is 66.0 Å². The molecule has 1 aromatic carbocycles. The summed E-state index contributed by atoms with van der Waals surface area (Å²) in [5, 5.41) is 0. The summed E-state index contributed by atoms with van der Waals surface area (Å²) in [6.07, 6.45) is 0. The third kappa shape index (κ3) is 2.70. The Morgan fingerprint density at radius 2 is 1.90 bits per heavy atom. The van der Waals surface area contributed by atoms with Crippen LogP contribution in [0.4, 0.5) is 0 Å². The Balaban J connectivity index is 2.59. The van der Waals surface area contributed by atoms with E-state index in [1.165, 1.54) is 11.4 Å². The summed E-state index contributed by atoms with van der Waals surface area (Å²) in [6.45, 7) is 1.83. The molecule has 1 rings (SSSR count). The van der Waals surface area contributed by atoms with Crippen LogP contribution in [0, 0.1) is 0 Å². The fourth-order valence-corrected chi connectivity index (χ4v) is 2.50. The van der Waals surface area contributed by atoms with Gasteiger partial charge in [-0.15, -0.1) is 0 Å². The summed E-state index contributed by atoms with van der Waals surface area (Å²) in [4.78, 5) is 10.2. The standard InChI is InChI=1S/C7H9OPS/c1-9(8)10-7-5-3-2-4-6-7/h2-6,8H,1H3. The maximum atomic E-state index is 9.03. The van der Waals surface area contributed by atoms with E-state index in [2.05, 4.69) is 0 Å². The molecule has 1 N–H and O–H groups in total. The van der Waals surface area contributed by atoms with Crippen LogP contribution in [0.1, 0.15) is 0 Å². The van der Waals surface area contributed by atoms with E-state index in [1.807, 2.05) is 37.0 Å². The van der Waals surface area contributed by atoms with Gasteiger partial charge in [0.25, 0.3) is 0 Å². The van der Waals surface area contributed by atoms with Crippen molar-refractivity contribution in [1.29, 1.82) is 0 Å². The topological polar surface area (TPSA) is 20.2 Å². The van der Waals surface area contributed by atoms with Crippen LogP contribution in [0.2, 0.25) is 0 Å². The van der Waals surface area contributed by atoms with Crippen LogP contribution in [0.25, 0.3) is 0 Å². The predicted molar refractivity (Wildman–Crippen MR) is 47.4 cm³/mol. The molecule has 3 heteroatoms. The van der Waals surface area contributed by atoms with Crippen LogP contribution >= 0.6 is 18.7 Å². The van der Waals surface area contributed by atoms with Gasteiger partial charge in [-0.1, -0.05) is 29.6 Å². The van der Waals surface area contributed by atoms with E-state index in [1.54, 1.807) is 0 Å². The van der Waals surface area contributed by atoms with Gasteiger partial charge in [0.1, 0.15) is 0 Å². The van der Waals surface area contributed by atoms with Crippen LogP contribution in [0.5, 0.6) is 0 Å². The highest BCUT2D eigenvalue weighted by molar-refractivity contribution is 8.53. The molecule has 0 heterocycles. The quantitative estimate of drug-likeness (QED) is 0.692. The largest absolute Gasteiger partial charge is 0.363 e. The zero-order valence-corrected chi connectivity index (χ0v) is 7.40. The van der Waals surface area contributed by atoms with Crippen molar-refractivity contribution in [2.24, 2.45) is 0 Å². The summed E-state index contributed by atoms with van der Waals surface area (Å²) >= 11 is 1.52. The molecule has 0 fully saturated rings. The molecule has 0 bridgehead atoms. The SMILES string of the molecule is CP(O)Sc1ccccc1. The normalized spacial score (nSPS) is 13.0. The number of rotatable bonds is 2. The minimum atomic E-state index is -0.860. The van der Waals surface area contributed by atoms with Gasteiger partial charge >= 0.3 is 0 Å². The van der Waals surface area contributed by atoms with Crippen molar-refractivity contribution in [2.45, 2.75) is 4.90 Å². The van der Waals surface area contributed by atoms with Crippen LogP contribution in [-0.4, -0.2) is 11.6 Å². The molecule has 0 saturated carbocycles. The average Bonchev–Trinajstić information content (AvgIpc) is 1.88. The zero-order valence-electron chi connectivity index (χ0n) is 5.69. The molecule has 1 nitrogen and oxygen atoms in total. The minimum Gasteiger partial charge on any atom is -0.363 e. The third-order valence-electron chi connectivity index (χ3n) is 0.981. The molecule has 0 saturated heterocycles. The summed E-state index contributed by atoms with van der Waals surface area (Å²) in [5.41, 5.74) is 0. The van der Waals surface area contributed by atoms with Crippen LogP contribution in [-0.2, 0) is 0 Å². The van der Waals surface area contributed by atoms with Gasteiger partial charge in [-0.05, 0) is 18.8 Å². The lowest BCUT2D eigenvalue weighted by molar-refractivity contribution is 0.647. The number of benzene rings is 1. The molecule has 0 aliphatic heterocycles. The molecule has 0 amide bonds. The fraction of sp³-hybridized carbons (Fsp3) is 0.143. The Kier molecular flexibility index (Phi) is 3.20. The van der Waals surface area contributed by atoms with Gasteiger partial charge in [-0.25, -0.2) is 0 Å².